The average Bonchev–Trinajstić information content (AvgIpc) is 3.96. The van der Waals surface area contributed by atoms with Crippen molar-refractivity contribution in [1.82, 2.24) is 24.5 Å². The highest BCUT2D eigenvalue weighted by atomic mass is 32.2. The van der Waals surface area contributed by atoms with Crippen LogP contribution < -0.4 is 19.7 Å². The van der Waals surface area contributed by atoms with Crippen molar-refractivity contribution in [2.24, 2.45) is 11.3 Å². The number of hydrogen-bond acceptors (Lipinski definition) is 11. The van der Waals surface area contributed by atoms with Crippen LogP contribution >= 0.6 is 0 Å². The van der Waals surface area contributed by atoms with Gasteiger partial charge < -0.3 is 24.8 Å². The number of nitrogens with one attached hydrogen (secondary N) is 3. The summed E-state index contributed by atoms with van der Waals surface area (Å²) >= 11 is 0. The second-order valence-electron chi connectivity index (χ2n) is 18.7. The Morgan fingerprint density at radius 2 is 1.78 bits per heavy atom. The monoisotopic (exact) mass is 892 g/mol. The number of fused-ring (bicyclic) bond motifs is 1. The molecule has 64 heavy (non-hydrogen) atoms. The number of pyridine rings is 1. The summed E-state index contributed by atoms with van der Waals surface area (Å²) in [6, 6.07) is 19.6. The number of rotatable bonds is 13. The number of nitro benzene ring substituents is 1. The zero-order chi connectivity index (χ0) is 44.8. The molecular weight excluding hydrogens is 836 g/mol. The Morgan fingerprint density at radius 1 is 1.02 bits per heavy atom. The van der Waals surface area contributed by atoms with E-state index in [1.165, 1.54) is 54.4 Å². The van der Waals surface area contributed by atoms with E-state index in [2.05, 4.69) is 70.2 Å². The van der Waals surface area contributed by atoms with Crippen molar-refractivity contribution in [2.75, 3.05) is 56.5 Å². The van der Waals surface area contributed by atoms with Gasteiger partial charge in [-0.1, -0.05) is 38.1 Å². The number of carbonyl (C=O) groups is 1. The molecule has 338 valence electrons. The Bertz CT molecular complexity index is 2650. The van der Waals surface area contributed by atoms with Crippen LogP contribution in [0.25, 0.3) is 11.0 Å². The molecule has 5 heterocycles. The van der Waals surface area contributed by atoms with E-state index >= 15 is 4.39 Å². The van der Waals surface area contributed by atoms with Crippen LogP contribution in [0.3, 0.4) is 0 Å². The van der Waals surface area contributed by atoms with Gasteiger partial charge in [-0.15, -0.1) is 0 Å². The summed E-state index contributed by atoms with van der Waals surface area (Å²) in [5.41, 5.74) is 3.29. The lowest BCUT2D eigenvalue weighted by Crippen LogP contribution is -2.55. The highest BCUT2D eigenvalue weighted by Crippen LogP contribution is 2.54. The minimum atomic E-state index is -4.67. The number of nitrogens with zero attached hydrogens (tertiary/aromatic N) is 5. The Morgan fingerprint density at radius 3 is 2.53 bits per heavy atom. The zero-order valence-corrected chi connectivity index (χ0v) is 37.5. The van der Waals surface area contributed by atoms with Gasteiger partial charge in [0, 0.05) is 49.4 Å². The predicted octanol–water partition coefficient (Wildman–Crippen LogP) is 8.98. The highest BCUT2D eigenvalue weighted by Gasteiger charge is 2.50. The Balaban J connectivity index is 0.918. The van der Waals surface area contributed by atoms with Gasteiger partial charge in [0.05, 0.1) is 27.3 Å². The maximum Gasteiger partial charge on any atom is 0.293 e. The van der Waals surface area contributed by atoms with E-state index in [9.17, 15) is 23.3 Å². The molecule has 1 saturated carbocycles. The molecule has 16 heteroatoms. The number of piperidine rings is 2. The first kappa shape index (κ1) is 43.7. The number of aromatic amines is 1. The van der Waals surface area contributed by atoms with Gasteiger partial charge in [-0.05, 0) is 143 Å². The molecule has 1 aliphatic carbocycles. The van der Waals surface area contributed by atoms with Crippen molar-refractivity contribution in [3.8, 4) is 11.5 Å². The maximum atomic E-state index is 17.0. The first-order valence-electron chi connectivity index (χ1n) is 22.6. The molecule has 3 aromatic carbocycles. The summed E-state index contributed by atoms with van der Waals surface area (Å²) in [7, 11) is -2.62. The lowest BCUT2D eigenvalue weighted by molar-refractivity contribution is -0.384. The third-order valence-corrected chi connectivity index (χ3v) is 15.6. The van der Waals surface area contributed by atoms with E-state index in [1.807, 2.05) is 9.62 Å². The molecule has 2 aromatic heterocycles. The smallest absolute Gasteiger partial charge is 0.293 e. The number of benzene rings is 3. The van der Waals surface area contributed by atoms with E-state index in [-0.39, 0.29) is 28.1 Å². The Hall–Kier alpha value is -5.58. The summed E-state index contributed by atoms with van der Waals surface area (Å²) in [5, 5.41) is 16.0. The van der Waals surface area contributed by atoms with Crippen LogP contribution in [0.4, 0.5) is 21.5 Å². The molecular formula is C48H57FN8O6S. The number of carbonyl (C=O) groups excluding carboxylic acids is 1. The van der Waals surface area contributed by atoms with Gasteiger partial charge in [0.25, 0.3) is 21.6 Å². The number of anilines is 2. The van der Waals surface area contributed by atoms with Crippen LogP contribution in [0.15, 0.2) is 84.0 Å². The predicted molar refractivity (Wildman–Crippen MR) is 245 cm³/mol. The van der Waals surface area contributed by atoms with Crippen molar-refractivity contribution < 1.29 is 27.3 Å². The van der Waals surface area contributed by atoms with E-state index in [0.717, 1.165) is 64.2 Å². The maximum absolute atomic E-state index is 17.0. The number of likely N-dealkylation sites (tertiary alicyclic amines) is 2. The molecule has 4 aliphatic rings. The Labute approximate surface area is 373 Å². The summed E-state index contributed by atoms with van der Waals surface area (Å²) in [6.07, 6.45) is 11.4. The molecule has 1 spiro atoms. The number of nitro groups is 1. The quantitative estimate of drug-likeness (QED) is 0.0763. The van der Waals surface area contributed by atoms with Crippen LogP contribution in [0.1, 0.15) is 98.7 Å². The summed E-state index contributed by atoms with van der Waals surface area (Å²) in [4.78, 5) is 39.2. The molecule has 5 aromatic rings. The molecule has 14 nitrogen and oxygen atoms in total. The van der Waals surface area contributed by atoms with Gasteiger partial charge in [0.1, 0.15) is 17.1 Å². The highest BCUT2D eigenvalue weighted by molar-refractivity contribution is 7.90. The molecule has 0 bridgehead atoms. The molecule has 1 atom stereocenters. The number of aromatic nitrogens is 2. The lowest BCUT2D eigenvalue weighted by atomic mass is 9.59. The first-order chi connectivity index (χ1) is 30.8. The van der Waals surface area contributed by atoms with E-state index in [4.69, 9.17) is 4.74 Å². The number of sulfonamides is 1. The number of halogens is 1. The molecule has 0 radical (unpaired) electrons. The van der Waals surface area contributed by atoms with Gasteiger partial charge in [-0.25, -0.2) is 22.5 Å². The van der Waals surface area contributed by atoms with E-state index in [0.29, 0.717) is 54.6 Å². The molecule has 1 amide bonds. The van der Waals surface area contributed by atoms with Crippen LogP contribution in [0, 0.1) is 27.3 Å². The van der Waals surface area contributed by atoms with Gasteiger partial charge in [0.15, 0.2) is 11.6 Å². The SMILES string of the molecule is CC(C)c1ccccc1C1CCCN1C1CC2(CCN(c3ccc(C(=O)NS(=O)(=O)c4ccc(NCC5CCN(C)CC5)c([N+](=O)[O-])c4)c(Oc4cnc5[nH]ccc5c4)c3F)CC2)C1. The average molecular weight is 893 g/mol. The second kappa shape index (κ2) is 17.8. The standard InChI is InChI=1S/C48H57FN8O6S/c1-31(2)37-7-4-5-8-38(37)41-9-6-20-56(41)34-27-48(28-34)17-23-55(24-18-48)42-13-11-39(45(44(42)49)63-35-25-33-14-19-50-46(33)52-30-35)47(58)53-64(61,62)36-10-12-40(43(26-36)57(59)60)51-29-32-15-21-54(3)22-16-32/h4-5,7-8,10-14,19,25-26,30-32,34,41,51H,6,9,15-18,20-24,27-29H2,1-3H3,(H,50,52)(H,53,58). The zero-order valence-electron chi connectivity index (χ0n) is 36.7. The van der Waals surface area contributed by atoms with Gasteiger partial charge in [-0.2, -0.15) is 0 Å². The third-order valence-electron chi connectivity index (χ3n) is 14.3. The Kier molecular flexibility index (Phi) is 12.1. The third kappa shape index (κ3) is 8.79. The minimum Gasteiger partial charge on any atom is -0.452 e. The summed E-state index contributed by atoms with van der Waals surface area (Å²) in [6.45, 7) is 9.22. The fourth-order valence-corrected chi connectivity index (χ4v) is 11.6. The van der Waals surface area contributed by atoms with Crippen LogP contribution in [0.5, 0.6) is 11.5 Å². The molecule has 3 N–H and O–H groups in total. The van der Waals surface area contributed by atoms with Crippen molar-refractivity contribution in [2.45, 2.75) is 88.1 Å². The first-order valence-corrected chi connectivity index (χ1v) is 24.1. The van der Waals surface area contributed by atoms with Gasteiger partial charge in [0.2, 0.25) is 0 Å². The molecule has 3 saturated heterocycles. The number of H-pyrrole nitrogens is 1. The summed E-state index contributed by atoms with van der Waals surface area (Å²) < 4.78 is 52.6. The fourth-order valence-electron chi connectivity index (χ4n) is 10.6. The summed E-state index contributed by atoms with van der Waals surface area (Å²) in [5.74, 6) is -1.48. The number of ether oxygens (including phenoxy) is 1. The van der Waals surface area contributed by atoms with E-state index in [1.54, 1.807) is 18.3 Å². The lowest BCUT2D eigenvalue weighted by Gasteiger charge is -2.56. The molecule has 4 fully saturated rings. The van der Waals surface area contributed by atoms with Crippen molar-refractivity contribution in [3.05, 3.63) is 112 Å². The van der Waals surface area contributed by atoms with Crippen LogP contribution in [0.2, 0.25) is 0 Å². The number of hydrogen-bond donors (Lipinski definition) is 3. The minimum absolute atomic E-state index is 0.147. The molecule has 1 unspecified atom stereocenters. The van der Waals surface area contributed by atoms with Crippen molar-refractivity contribution in [1.29, 1.82) is 0 Å². The normalized spacial score (nSPS) is 19.9. The van der Waals surface area contributed by atoms with Crippen LogP contribution in [-0.4, -0.2) is 91.4 Å². The van der Waals surface area contributed by atoms with E-state index < -0.39 is 43.0 Å². The largest absolute Gasteiger partial charge is 0.452 e. The second-order valence-corrected chi connectivity index (χ2v) is 20.4. The van der Waals surface area contributed by atoms with Crippen LogP contribution in [-0.2, 0) is 10.0 Å². The van der Waals surface area contributed by atoms with Crippen molar-refractivity contribution in [3.63, 3.8) is 0 Å². The molecule has 3 aliphatic heterocycles. The van der Waals surface area contributed by atoms with Crippen molar-refractivity contribution >= 4 is 44.0 Å². The fraction of sp³-hybridized carbons (Fsp3) is 0.458. The van der Waals surface area contributed by atoms with Gasteiger partial charge in [-0.3, -0.25) is 19.8 Å². The van der Waals surface area contributed by atoms with Gasteiger partial charge >= 0.3 is 0 Å². The molecule has 9 rings (SSSR count). The topological polar surface area (TPSA) is 166 Å². The number of amides is 1.